The Bertz CT molecular complexity index is 995. The molecule has 2 aromatic carbocycles. The molecule has 130 valence electrons. The van der Waals surface area contributed by atoms with E-state index in [4.69, 9.17) is 0 Å². The molecule has 0 unspecified atom stereocenters. The van der Waals surface area contributed by atoms with Gasteiger partial charge in [0.1, 0.15) is 0 Å². The molecule has 0 N–H and O–H groups in total. The standard InChI is InChI=1S/C21H24N2OS/c1-5-11-23-18-10-9-16(6-2)13-19(18)25-21(23)22-20(24)17-12-14(3)7-8-15(17)4/h7-10,12-13H,5-6,11H2,1-4H3. The lowest BCUT2D eigenvalue weighted by Gasteiger charge is -2.04. The zero-order valence-electron chi connectivity index (χ0n) is 15.3. The summed E-state index contributed by atoms with van der Waals surface area (Å²) in [7, 11) is 0. The van der Waals surface area contributed by atoms with Crippen LogP contribution in [0.25, 0.3) is 10.2 Å². The van der Waals surface area contributed by atoms with Crippen LogP contribution in [-0.4, -0.2) is 10.5 Å². The predicted octanol–water partition coefficient (Wildman–Crippen LogP) is 5.03. The maximum absolute atomic E-state index is 12.8. The molecule has 0 saturated heterocycles. The lowest BCUT2D eigenvalue weighted by atomic mass is 10.1. The number of amides is 1. The zero-order chi connectivity index (χ0) is 18.0. The summed E-state index contributed by atoms with van der Waals surface area (Å²) in [6.45, 7) is 9.13. The van der Waals surface area contributed by atoms with Crippen LogP contribution >= 0.6 is 11.3 Å². The highest BCUT2D eigenvalue weighted by atomic mass is 32.1. The van der Waals surface area contributed by atoms with E-state index in [0.717, 1.165) is 40.8 Å². The first kappa shape index (κ1) is 17.6. The number of hydrogen-bond donors (Lipinski definition) is 0. The Morgan fingerprint density at radius 1 is 1.12 bits per heavy atom. The first-order valence-electron chi connectivity index (χ1n) is 8.82. The van der Waals surface area contributed by atoms with E-state index >= 15 is 0 Å². The van der Waals surface area contributed by atoms with Crippen molar-refractivity contribution in [1.82, 2.24) is 4.57 Å². The molecule has 1 heterocycles. The van der Waals surface area contributed by atoms with Gasteiger partial charge in [-0.25, -0.2) is 0 Å². The molecule has 1 aromatic heterocycles. The van der Waals surface area contributed by atoms with Crippen LogP contribution < -0.4 is 4.80 Å². The Morgan fingerprint density at radius 3 is 2.64 bits per heavy atom. The molecule has 0 radical (unpaired) electrons. The molecule has 0 saturated carbocycles. The fourth-order valence-electron chi connectivity index (χ4n) is 2.98. The number of thiazole rings is 1. The molecule has 4 heteroatoms. The van der Waals surface area contributed by atoms with Gasteiger partial charge in [-0.1, -0.05) is 48.9 Å². The van der Waals surface area contributed by atoms with E-state index in [2.05, 4.69) is 41.6 Å². The third-order valence-electron chi connectivity index (χ3n) is 4.42. The van der Waals surface area contributed by atoms with Crippen molar-refractivity contribution in [3.05, 3.63) is 63.5 Å². The molecule has 0 aliphatic heterocycles. The summed E-state index contributed by atoms with van der Waals surface area (Å²) in [5, 5.41) is 0. The molecule has 0 bridgehead atoms. The summed E-state index contributed by atoms with van der Waals surface area (Å²) in [4.78, 5) is 18.0. The van der Waals surface area contributed by atoms with E-state index in [1.807, 2.05) is 32.0 Å². The molecule has 3 rings (SSSR count). The van der Waals surface area contributed by atoms with Gasteiger partial charge in [0, 0.05) is 12.1 Å². The normalized spacial score (nSPS) is 12.1. The van der Waals surface area contributed by atoms with Gasteiger partial charge in [0.05, 0.1) is 10.2 Å². The third-order valence-corrected chi connectivity index (χ3v) is 5.46. The van der Waals surface area contributed by atoms with Crippen molar-refractivity contribution in [2.45, 2.75) is 47.1 Å². The highest BCUT2D eigenvalue weighted by molar-refractivity contribution is 7.16. The summed E-state index contributed by atoms with van der Waals surface area (Å²) < 4.78 is 3.36. The minimum Gasteiger partial charge on any atom is -0.316 e. The van der Waals surface area contributed by atoms with Crippen LogP contribution in [0.4, 0.5) is 0 Å². The molecule has 0 atom stereocenters. The Balaban J connectivity index is 2.15. The maximum atomic E-state index is 12.8. The number of carbonyl (C=O) groups is 1. The smallest absolute Gasteiger partial charge is 0.279 e. The number of aromatic nitrogens is 1. The number of fused-ring (bicyclic) bond motifs is 1. The first-order valence-corrected chi connectivity index (χ1v) is 9.63. The van der Waals surface area contributed by atoms with Gasteiger partial charge in [-0.05, 0) is 56.0 Å². The Kier molecular flexibility index (Phi) is 5.19. The number of rotatable bonds is 4. The number of carbonyl (C=O) groups excluding carboxylic acids is 1. The minimum atomic E-state index is -0.159. The van der Waals surface area contributed by atoms with Crippen LogP contribution in [0.5, 0.6) is 0 Å². The fourth-order valence-corrected chi connectivity index (χ4v) is 4.09. The van der Waals surface area contributed by atoms with Gasteiger partial charge in [0.15, 0.2) is 4.80 Å². The van der Waals surface area contributed by atoms with Crippen LogP contribution in [0.1, 0.15) is 47.3 Å². The van der Waals surface area contributed by atoms with E-state index in [0.29, 0.717) is 5.56 Å². The van der Waals surface area contributed by atoms with Gasteiger partial charge >= 0.3 is 0 Å². The number of hydrogen-bond acceptors (Lipinski definition) is 2. The van der Waals surface area contributed by atoms with E-state index in [-0.39, 0.29) is 5.91 Å². The minimum absolute atomic E-state index is 0.159. The molecule has 3 aromatic rings. The second-order valence-electron chi connectivity index (χ2n) is 6.43. The molecule has 1 amide bonds. The average Bonchev–Trinajstić information content (AvgIpc) is 2.93. The van der Waals surface area contributed by atoms with Crippen LogP contribution in [0.3, 0.4) is 0 Å². The summed E-state index contributed by atoms with van der Waals surface area (Å²) in [5.74, 6) is -0.159. The lowest BCUT2D eigenvalue weighted by Crippen LogP contribution is -2.17. The van der Waals surface area contributed by atoms with Gasteiger partial charge in [-0.3, -0.25) is 4.79 Å². The maximum Gasteiger partial charge on any atom is 0.279 e. The summed E-state index contributed by atoms with van der Waals surface area (Å²) in [6.07, 6.45) is 2.02. The van der Waals surface area contributed by atoms with Crippen LogP contribution in [0.15, 0.2) is 41.4 Å². The molecular weight excluding hydrogens is 328 g/mol. The molecule has 0 aliphatic carbocycles. The Hall–Kier alpha value is -2.20. The van der Waals surface area contributed by atoms with E-state index in [9.17, 15) is 4.79 Å². The van der Waals surface area contributed by atoms with Crippen molar-refractivity contribution in [3.8, 4) is 0 Å². The van der Waals surface area contributed by atoms with Gasteiger partial charge in [-0.2, -0.15) is 4.99 Å². The van der Waals surface area contributed by atoms with E-state index in [1.165, 1.54) is 10.3 Å². The topological polar surface area (TPSA) is 34.4 Å². The predicted molar refractivity (Wildman–Crippen MR) is 105 cm³/mol. The summed E-state index contributed by atoms with van der Waals surface area (Å²) >= 11 is 1.60. The molecule has 0 fully saturated rings. The summed E-state index contributed by atoms with van der Waals surface area (Å²) in [6, 6.07) is 12.5. The number of nitrogens with zero attached hydrogens (tertiary/aromatic N) is 2. The molecular formula is C21H24N2OS. The van der Waals surface area contributed by atoms with Crippen LogP contribution in [-0.2, 0) is 13.0 Å². The van der Waals surface area contributed by atoms with Gasteiger partial charge in [0.2, 0.25) is 0 Å². The molecule has 0 spiro atoms. The van der Waals surface area contributed by atoms with Crippen molar-refractivity contribution in [2.24, 2.45) is 4.99 Å². The fraction of sp³-hybridized carbons (Fsp3) is 0.333. The molecule has 3 nitrogen and oxygen atoms in total. The quantitative estimate of drug-likeness (QED) is 0.648. The van der Waals surface area contributed by atoms with E-state index < -0.39 is 0 Å². The van der Waals surface area contributed by atoms with Crippen molar-refractivity contribution in [3.63, 3.8) is 0 Å². The highest BCUT2D eigenvalue weighted by Gasteiger charge is 2.11. The number of aryl methyl sites for hydroxylation is 4. The zero-order valence-corrected chi connectivity index (χ0v) is 16.1. The number of benzene rings is 2. The Labute approximate surface area is 152 Å². The van der Waals surface area contributed by atoms with Gasteiger partial charge in [0.25, 0.3) is 5.91 Å². The third kappa shape index (κ3) is 3.59. The average molecular weight is 353 g/mol. The van der Waals surface area contributed by atoms with Crippen molar-refractivity contribution < 1.29 is 4.79 Å². The largest absolute Gasteiger partial charge is 0.316 e. The first-order chi connectivity index (χ1) is 12.0. The van der Waals surface area contributed by atoms with Crippen molar-refractivity contribution in [2.75, 3.05) is 0 Å². The monoisotopic (exact) mass is 352 g/mol. The van der Waals surface area contributed by atoms with Crippen LogP contribution in [0, 0.1) is 13.8 Å². The van der Waals surface area contributed by atoms with Crippen molar-refractivity contribution in [1.29, 1.82) is 0 Å². The molecule has 25 heavy (non-hydrogen) atoms. The van der Waals surface area contributed by atoms with E-state index in [1.54, 1.807) is 11.3 Å². The highest BCUT2D eigenvalue weighted by Crippen LogP contribution is 2.20. The second kappa shape index (κ2) is 7.36. The lowest BCUT2D eigenvalue weighted by molar-refractivity contribution is 0.0997. The van der Waals surface area contributed by atoms with Gasteiger partial charge in [-0.15, -0.1) is 0 Å². The van der Waals surface area contributed by atoms with Gasteiger partial charge < -0.3 is 4.57 Å². The molecule has 0 aliphatic rings. The summed E-state index contributed by atoms with van der Waals surface area (Å²) in [5.41, 5.74) is 5.21. The second-order valence-corrected chi connectivity index (χ2v) is 7.44. The van der Waals surface area contributed by atoms with Crippen LogP contribution in [0.2, 0.25) is 0 Å². The Morgan fingerprint density at radius 2 is 1.92 bits per heavy atom. The van der Waals surface area contributed by atoms with Crippen molar-refractivity contribution >= 4 is 27.5 Å². The SMILES string of the molecule is CCCn1c(=NC(=O)c2cc(C)ccc2C)sc2cc(CC)ccc21.